The predicted octanol–water partition coefficient (Wildman–Crippen LogP) is 4.04. The van der Waals surface area contributed by atoms with Crippen molar-refractivity contribution in [2.75, 3.05) is 95.9 Å². The van der Waals surface area contributed by atoms with Crippen LogP contribution in [0.5, 0.6) is 0 Å². The molecule has 13 N–H and O–H groups in total. The average Bonchev–Trinajstić information content (AvgIpc) is 1.56. The number of hydrogen-bond donors (Lipinski definition) is 12. The van der Waals surface area contributed by atoms with Gasteiger partial charge in [-0.25, -0.2) is 63.5 Å². The second kappa shape index (κ2) is 26.3. The Balaban J connectivity index is 0.000000125. The van der Waals surface area contributed by atoms with Crippen LogP contribution in [0.3, 0.4) is 0 Å². The van der Waals surface area contributed by atoms with Crippen molar-refractivity contribution in [3.63, 3.8) is 0 Å². The van der Waals surface area contributed by atoms with Crippen molar-refractivity contribution in [3.05, 3.63) is 50.6 Å². The molecular formula is C58H87N20O16P4+. The van der Waals surface area contributed by atoms with Crippen LogP contribution in [0.1, 0.15) is 89.4 Å². The van der Waals surface area contributed by atoms with Crippen molar-refractivity contribution in [1.82, 2.24) is 73.1 Å². The Kier molecular flexibility index (Phi) is 19.3. The number of nitrogens with zero attached hydrogens (tertiary/aromatic N) is 16. The number of phosphoric acid groups is 2. The Morgan fingerprint density at radius 1 is 0.510 bits per heavy atom. The number of anilines is 4. The predicted molar refractivity (Wildman–Crippen MR) is 357 cm³/mol. The maximum atomic E-state index is 12.4. The third-order valence-corrected chi connectivity index (χ3v) is 23.9. The van der Waals surface area contributed by atoms with Crippen LogP contribution in [-0.2, 0) is 43.4 Å². The number of nitrogens with two attached hydrogens (primary N) is 1. The molecule has 8 fully saturated rings. The van der Waals surface area contributed by atoms with Gasteiger partial charge in [0.05, 0.1) is 83.2 Å². The first kappa shape index (κ1) is 71.7. The Hall–Kier alpha value is -6.16. The maximum Gasteiger partial charge on any atom is 0.469 e. The number of fused-ring (bicyclic) bond motifs is 8. The molecular weight excluding hydrogens is 1360 g/mol. The van der Waals surface area contributed by atoms with Gasteiger partial charge in [-0.05, 0) is 75.0 Å². The second-order valence-corrected chi connectivity index (χ2v) is 35.3. The smallest absolute Gasteiger partial charge is 0.396 e. The van der Waals surface area contributed by atoms with E-state index in [0.717, 1.165) is 47.4 Å². The molecule has 0 aliphatic heterocycles. The number of aryl methyl sites for hydroxylation is 1. The summed E-state index contributed by atoms with van der Waals surface area (Å²) in [4.78, 5) is 84.0. The van der Waals surface area contributed by atoms with Crippen LogP contribution in [0.25, 0.3) is 44.7 Å². The minimum absolute atomic E-state index is 0.0408. The van der Waals surface area contributed by atoms with Crippen LogP contribution in [0.15, 0.2) is 50.6 Å². The summed E-state index contributed by atoms with van der Waals surface area (Å²) < 4.78 is 78.2. The summed E-state index contributed by atoms with van der Waals surface area (Å²) in [7, 11) is -7.65. The second-order valence-electron chi connectivity index (χ2n) is 27.4. The van der Waals surface area contributed by atoms with E-state index in [1.54, 1.807) is 84.0 Å². The summed E-state index contributed by atoms with van der Waals surface area (Å²) in [5.41, 5.74) is 9.55. The Labute approximate surface area is 562 Å². The molecule has 0 radical (unpaired) electrons. The van der Waals surface area contributed by atoms with Gasteiger partial charge in [0.25, 0.3) is 5.82 Å². The van der Waals surface area contributed by atoms with E-state index in [4.69, 9.17) is 29.1 Å². The molecule has 8 heterocycles. The van der Waals surface area contributed by atoms with E-state index in [1.165, 1.54) is 19.0 Å². The molecule has 8 aromatic rings. The SMILES string of the molecule is CC.CNc1c2ncn([C@H]3C[C@H](OP(=O)(O)O)[C@]4(COP(=O)(O)O)C[C@H]34)c2nc[n+]1C.CNc1ncnc2c1ncn2[C@H]1C[C@H](O)[C@]2(CO)C[C@H]12.CNc1ncnc2c1ncn2[C@H]1C[C@H](OP(C)(C)=O)[C@]2(COP(C)(C)=O)C[C@H]12.Nc1ncnc2c1ncn2[C@H]1C[C@H](O)[C@]2(CO)C[C@H]12. The number of nitrogens with one attached hydrogen (secondary N) is 3. The van der Waals surface area contributed by atoms with Crippen LogP contribution in [-0.4, -0.2) is 212 Å². The Bertz CT molecular complexity index is 4480. The lowest BCUT2D eigenvalue weighted by Gasteiger charge is -2.26. The number of aromatic nitrogens is 16. The lowest BCUT2D eigenvalue weighted by atomic mass is 10.0. The zero-order chi connectivity index (χ0) is 70.6. The van der Waals surface area contributed by atoms with Crippen LogP contribution in [0.4, 0.5) is 23.3 Å². The number of aliphatic hydroxyl groups excluding tert-OH is 4. The zero-order valence-electron chi connectivity index (χ0n) is 55.9. The monoisotopic (exact) mass is 1440 g/mol. The molecule has 98 heavy (non-hydrogen) atoms. The molecule has 534 valence electrons. The molecule has 0 saturated heterocycles. The molecule has 0 aromatic carbocycles. The lowest BCUT2D eigenvalue weighted by molar-refractivity contribution is -0.659. The van der Waals surface area contributed by atoms with Crippen molar-refractivity contribution in [2.24, 2.45) is 52.4 Å². The van der Waals surface area contributed by atoms with Gasteiger partial charge in [0.15, 0.2) is 54.6 Å². The standard InChI is InChI=1S/C17H27N5O4P2.C14H21N5O8P2.C13H17N5O2.C12H15N5O2.C2H6/c1-18-15-14-16(20-9-19-15)22(10-21-14)12-6-13(26-28(4,5)24)17(7-11(12)17)8-25-27(2,3)23;1-15-12-11-13(17-6-18(12)2)19(7-16-11)9-3-10(27-29(23,24)25)14(4-8(9)14)5-26-28(20,21)22;1-14-11-10-12(16-5-15-11)18(6-17-10)8-2-9(20)13(4-19)3-7(8)13;13-10-9-11(15-4-14-10)17(5-16-9)7-1-8(19)12(3-18)2-6(7)12;1-2/h9-13H,6-8H2,1-5H3,(H,18,19,20);6-10H,3-5H2,1-2H3,(H4,20,21,22,23,24,25);5-9,19-20H,2-4H2,1H3,(H,14,15,16);4-8,18-19H,1-3H2,(H2,13,14,15);1-2H3/p+1/t11-,12+,13+,17+;8-,9+,10+,14+;7-,8+,9+,13+;6-,7+,8+,12+;/m1111./s1. The highest BCUT2D eigenvalue weighted by atomic mass is 31.2. The first-order chi connectivity index (χ1) is 46.4. The average molecular weight is 1440 g/mol. The van der Waals surface area contributed by atoms with Crippen molar-refractivity contribution in [2.45, 2.75) is 114 Å². The quantitative estimate of drug-likeness (QED) is 0.0401. The normalized spacial score (nSPS) is 31.5. The highest BCUT2D eigenvalue weighted by Crippen LogP contribution is 2.73. The van der Waals surface area contributed by atoms with E-state index in [9.17, 15) is 48.5 Å². The highest BCUT2D eigenvalue weighted by molar-refractivity contribution is 7.57. The summed E-state index contributed by atoms with van der Waals surface area (Å²) in [6.07, 6.45) is 16.2. The summed E-state index contributed by atoms with van der Waals surface area (Å²) in [5.74, 6) is 3.24. The fraction of sp³-hybridized carbons (Fsp3) is 0.655. The zero-order valence-corrected chi connectivity index (χ0v) is 59.5. The van der Waals surface area contributed by atoms with Gasteiger partial charge >= 0.3 is 15.6 Å². The first-order valence-electron chi connectivity index (χ1n) is 32.3. The minimum atomic E-state index is -4.81. The van der Waals surface area contributed by atoms with Crippen molar-refractivity contribution >= 4 is 98.3 Å². The molecule has 8 aromatic heterocycles. The Morgan fingerprint density at radius 2 is 0.898 bits per heavy atom. The topological polar surface area (TPSA) is 495 Å². The third-order valence-electron chi connectivity index (χ3n) is 21.3. The third kappa shape index (κ3) is 13.1. The van der Waals surface area contributed by atoms with Gasteiger partial charge in [-0.3, -0.25) is 22.7 Å². The van der Waals surface area contributed by atoms with Crippen LogP contribution in [0, 0.1) is 45.3 Å². The van der Waals surface area contributed by atoms with Crippen molar-refractivity contribution in [3.8, 4) is 0 Å². The number of imidazole rings is 4. The summed E-state index contributed by atoms with van der Waals surface area (Å²) in [6.45, 7) is 10.6. The van der Waals surface area contributed by atoms with Gasteiger partial charge in [0.1, 0.15) is 35.5 Å². The van der Waals surface area contributed by atoms with Crippen LogP contribution in [0.2, 0.25) is 0 Å². The molecule has 16 rings (SSSR count). The van der Waals surface area contributed by atoms with E-state index in [2.05, 4.69) is 79.9 Å². The molecule has 40 heteroatoms. The summed E-state index contributed by atoms with van der Waals surface area (Å²) in [5, 5.41) is 48.4. The minimum Gasteiger partial charge on any atom is -0.396 e. The number of rotatable bonds is 19. The largest absolute Gasteiger partial charge is 0.469 e. The van der Waals surface area contributed by atoms with Gasteiger partial charge in [0.2, 0.25) is 12.0 Å². The van der Waals surface area contributed by atoms with E-state index in [-0.39, 0.29) is 84.6 Å². The fourth-order valence-corrected chi connectivity index (χ4v) is 18.8. The maximum absolute atomic E-state index is 12.4. The van der Waals surface area contributed by atoms with Gasteiger partial charge in [0, 0.05) is 93.6 Å². The number of aliphatic hydroxyl groups is 4. The van der Waals surface area contributed by atoms with E-state index in [0.29, 0.717) is 83.9 Å². The molecule has 8 saturated carbocycles. The number of hydrogen-bond acceptors (Lipinski definition) is 27. The molecule has 0 amide bonds. The molecule has 8 aliphatic carbocycles. The molecule has 8 aliphatic rings. The fourth-order valence-electron chi connectivity index (χ4n) is 16.3. The molecule has 36 nitrogen and oxygen atoms in total. The molecule has 0 spiro atoms. The van der Waals surface area contributed by atoms with E-state index in [1.807, 2.05) is 34.6 Å². The lowest BCUT2D eigenvalue weighted by Crippen LogP contribution is -2.32. The summed E-state index contributed by atoms with van der Waals surface area (Å²) in [6, 6.07) is 0.128. The number of phosphoric ester groups is 2. The number of nitrogen functional groups attached to an aromatic ring is 1. The highest BCUT2D eigenvalue weighted by Gasteiger charge is 2.72. The van der Waals surface area contributed by atoms with E-state index < -0.39 is 54.1 Å². The van der Waals surface area contributed by atoms with Crippen LogP contribution < -0.4 is 26.3 Å². The first-order valence-corrected chi connectivity index (χ1v) is 40.4. The van der Waals surface area contributed by atoms with E-state index >= 15 is 0 Å². The van der Waals surface area contributed by atoms with Gasteiger partial charge in [-0.2, -0.15) is 0 Å². The molecule has 0 bridgehead atoms. The Morgan fingerprint density at radius 3 is 1.30 bits per heavy atom. The molecule has 16 atom stereocenters. The summed E-state index contributed by atoms with van der Waals surface area (Å²) >= 11 is 0. The van der Waals surface area contributed by atoms with Gasteiger partial charge in [-0.1, -0.05) is 18.8 Å². The van der Waals surface area contributed by atoms with Crippen molar-refractivity contribution in [1.29, 1.82) is 0 Å². The van der Waals surface area contributed by atoms with Gasteiger partial charge < -0.3 is 84.4 Å². The van der Waals surface area contributed by atoms with Crippen molar-refractivity contribution < 1.29 is 80.9 Å². The molecule has 0 unspecified atom stereocenters. The van der Waals surface area contributed by atoms with Crippen LogP contribution >= 0.6 is 30.4 Å². The van der Waals surface area contributed by atoms with Gasteiger partial charge in [-0.15, -0.1) is 0 Å².